The van der Waals surface area contributed by atoms with Crippen LogP contribution in [0.5, 0.6) is 11.5 Å². The molecule has 1 fully saturated rings. The van der Waals surface area contributed by atoms with Crippen molar-refractivity contribution in [3.63, 3.8) is 0 Å². The minimum atomic E-state index is 0.500. The Balaban J connectivity index is 1.88. The number of aromatic nitrogens is 1. The molecule has 1 aliphatic carbocycles. The third-order valence-corrected chi connectivity index (χ3v) is 5.02. The van der Waals surface area contributed by atoms with E-state index in [1.165, 1.54) is 25.7 Å². The molecule has 3 aromatic rings. The van der Waals surface area contributed by atoms with E-state index in [0.29, 0.717) is 17.5 Å². The van der Waals surface area contributed by atoms with E-state index < -0.39 is 0 Å². The highest BCUT2D eigenvalue weighted by Crippen LogP contribution is 2.38. The SMILES string of the molecule is COc1cc2nc(-c3ccc(C)o3)cc(NC3CCCC3)c2cc1OC. The number of benzene rings is 1. The zero-order valence-electron chi connectivity index (χ0n) is 15.5. The van der Waals surface area contributed by atoms with Gasteiger partial charge in [0.25, 0.3) is 0 Å². The van der Waals surface area contributed by atoms with Crippen LogP contribution in [0.3, 0.4) is 0 Å². The maximum atomic E-state index is 5.80. The quantitative estimate of drug-likeness (QED) is 0.686. The summed E-state index contributed by atoms with van der Waals surface area (Å²) in [5.74, 6) is 3.03. The van der Waals surface area contributed by atoms with Gasteiger partial charge in [-0.1, -0.05) is 12.8 Å². The molecule has 1 aromatic carbocycles. The summed E-state index contributed by atoms with van der Waals surface area (Å²) < 4.78 is 16.7. The molecule has 5 nitrogen and oxygen atoms in total. The number of ether oxygens (including phenoxy) is 2. The molecule has 1 N–H and O–H groups in total. The van der Waals surface area contributed by atoms with Gasteiger partial charge in [-0.05, 0) is 44.0 Å². The number of rotatable bonds is 5. The van der Waals surface area contributed by atoms with Crippen molar-refractivity contribution < 1.29 is 13.9 Å². The predicted molar refractivity (Wildman–Crippen MR) is 103 cm³/mol. The van der Waals surface area contributed by atoms with E-state index in [0.717, 1.165) is 33.8 Å². The van der Waals surface area contributed by atoms with Gasteiger partial charge in [0, 0.05) is 23.2 Å². The van der Waals surface area contributed by atoms with E-state index in [1.54, 1.807) is 14.2 Å². The number of hydrogen-bond acceptors (Lipinski definition) is 5. The third kappa shape index (κ3) is 3.09. The van der Waals surface area contributed by atoms with E-state index >= 15 is 0 Å². The normalized spacial score (nSPS) is 14.7. The lowest BCUT2D eigenvalue weighted by Crippen LogP contribution is -2.15. The molecule has 0 amide bonds. The van der Waals surface area contributed by atoms with Crippen LogP contribution < -0.4 is 14.8 Å². The number of aryl methyl sites for hydroxylation is 1. The average Bonchev–Trinajstić information content (AvgIpc) is 3.32. The highest BCUT2D eigenvalue weighted by molar-refractivity contribution is 5.95. The van der Waals surface area contributed by atoms with Gasteiger partial charge >= 0.3 is 0 Å². The fraction of sp³-hybridized carbons (Fsp3) is 0.381. The third-order valence-electron chi connectivity index (χ3n) is 5.02. The van der Waals surface area contributed by atoms with Crippen LogP contribution in [0.1, 0.15) is 31.4 Å². The molecular weight excluding hydrogens is 328 g/mol. The van der Waals surface area contributed by atoms with Gasteiger partial charge in [0.1, 0.15) is 11.5 Å². The summed E-state index contributed by atoms with van der Waals surface area (Å²) in [6.07, 6.45) is 4.96. The minimum absolute atomic E-state index is 0.500. The van der Waals surface area contributed by atoms with Crippen molar-refractivity contribution >= 4 is 16.6 Å². The van der Waals surface area contributed by atoms with Gasteiger partial charge in [-0.15, -0.1) is 0 Å². The molecule has 0 unspecified atom stereocenters. The fourth-order valence-electron chi connectivity index (χ4n) is 3.66. The molecule has 26 heavy (non-hydrogen) atoms. The Morgan fingerprint density at radius 2 is 1.77 bits per heavy atom. The van der Waals surface area contributed by atoms with Crippen molar-refractivity contribution in [1.82, 2.24) is 4.98 Å². The van der Waals surface area contributed by atoms with Gasteiger partial charge in [0.2, 0.25) is 0 Å². The van der Waals surface area contributed by atoms with Gasteiger partial charge in [0.15, 0.2) is 17.3 Å². The first-order chi connectivity index (χ1) is 12.7. The molecule has 2 heterocycles. The Bertz CT molecular complexity index is 926. The number of nitrogens with one attached hydrogen (secondary N) is 1. The molecule has 4 rings (SSSR count). The van der Waals surface area contributed by atoms with Gasteiger partial charge in [-0.25, -0.2) is 4.98 Å². The second-order valence-corrected chi connectivity index (χ2v) is 6.82. The van der Waals surface area contributed by atoms with E-state index in [2.05, 4.69) is 11.4 Å². The van der Waals surface area contributed by atoms with Crippen molar-refractivity contribution in [2.75, 3.05) is 19.5 Å². The Morgan fingerprint density at radius 1 is 1.04 bits per heavy atom. The van der Waals surface area contributed by atoms with E-state index in [-0.39, 0.29) is 0 Å². The van der Waals surface area contributed by atoms with Crippen molar-refractivity contribution in [2.45, 2.75) is 38.6 Å². The number of furan rings is 1. The number of fused-ring (bicyclic) bond motifs is 1. The molecule has 0 atom stereocenters. The Hall–Kier alpha value is -2.69. The smallest absolute Gasteiger partial charge is 0.162 e. The molecule has 2 aromatic heterocycles. The maximum Gasteiger partial charge on any atom is 0.162 e. The second kappa shape index (κ2) is 6.90. The lowest BCUT2D eigenvalue weighted by atomic mass is 10.1. The number of anilines is 1. The predicted octanol–water partition coefficient (Wildman–Crippen LogP) is 5.17. The van der Waals surface area contributed by atoms with Gasteiger partial charge in [-0.3, -0.25) is 0 Å². The zero-order chi connectivity index (χ0) is 18.1. The topological polar surface area (TPSA) is 56.5 Å². The summed E-state index contributed by atoms with van der Waals surface area (Å²) in [4.78, 5) is 4.81. The Morgan fingerprint density at radius 3 is 2.42 bits per heavy atom. The largest absolute Gasteiger partial charge is 0.493 e. The molecule has 0 bridgehead atoms. The lowest BCUT2D eigenvalue weighted by Gasteiger charge is -2.18. The monoisotopic (exact) mass is 352 g/mol. The van der Waals surface area contributed by atoms with Crippen LogP contribution >= 0.6 is 0 Å². The molecular formula is C21H24N2O3. The van der Waals surface area contributed by atoms with E-state index in [1.807, 2.05) is 31.2 Å². The minimum Gasteiger partial charge on any atom is -0.493 e. The van der Waals surface area contributed by atoms with Crippen molar-refractivity contribution in [2.24, 2.45) is 0 Å². The van der Waals surface area contributed by atoms with Crippen LogP contribution in [0, 0.1) is 6.92 Å². The first kappa shape index (κ1) is 16.8. The molecule has 1 saturated carbocycles. The number of pyridine rings is 1. The van der Waals surface area contributed by atoms with Crippen LogP contribution in [0.4, 0.5) is 5.69 Å². The van der Waals surface area contributed by atoms with Crippen molar-refractivity contribution in [3.05, 3.63) is 36.1 Å². The standard InChI is InChI=1S/C21H24N2O3/c1-13-8-9-19(26-13)18-11-16(22-14-6-4-5-7-14)15-10-20(24-2)21(25-3)12-17(15)23-18/h8-12,14H,4-7H2,1-3H3,(H,22,23). The highest BCUT2D eigenvalue weighted by Gasteiger charge is 2.19. The molecule has 1 aliphatic rings. The summed E-state index contributed by atoms with van der Waals surface area (Å²) in [6.45, 7) is 1.94. The van der Waals surface area contributed by atoms with Crippen LogP contribution in [0.25, 0.3) is 22.4 Å². The van der Waals surface area contributed by atoms with Gasteiger partial charge in [0.05, 0.1) is 19.7 Å². The fourth-order valence-corrected chi connectivity index (χ4v) is 3.66. The molecule has 0 radical (unpaired) electrons. The van der Waals surface area contributed by atoms with Crippen LogP contribution in [0.2, 0.25) is 0 Å². The van der Waals surface area contributed by atoms with Crippen LogP contribution in [-0.2, 0) is 0 Å². The zero-order valence-corrected chi connectivity index (χ0v) is 15.5. The lowest BCUT2D eigenvalue weighted by molar-refractivity contribution is 0.356. The first-order valence-corrected chi connectivity index (χ1v) is 9.08. The summed E-state index contributed by atoms with van der Waals surface area (Å²) in [6, 6.07) is 10.4. The molecule has 0 spiro atoms. The van der Waals surface area contributed by atoms with Crippen LogP contribution in [-0.4, -0.2) is 25.2 Å². The van der Waals surface area contributed by atoms with E-state index in [4.69, 9.17) is 18.9 Å². The maximum absolute atomic E-state index is 5.80. The molecule has 136 valence electrons. The summed E-state index contributed by atoms with van der Waals surface area (Å²) in [5, 5.41) is 4.74. The summed E-state index contributed by atoms with van der Waals surface area (Å²) in [7, 11) is 3.29. The Kier molecular flexibility index (Phi) is 4.45. The highest BCUT2D eigenvalue weighted by atomic mass is 16.5. The van der Waals surface area contributed by atoms with Crippen LogP contribution in [0.15, 0.2) is 34.7 Å². The second-order valence-electron chi connectivity index (χ2n) is 6.82. The molecule has 0 aliphatic heterocycles. The first-order valence-electron chi connectivity index (χ1n) is 9.08. The molecule has 5 heteroatoms. The summed E-state index contributed by atoms with van der Waals surface area (Å²) in [5.41, 5.74) is 2.74. The Labute approximate surface area is 153 Å². The average molecular weight is 352 g/mol. The van der Waals surface area contributed by atoms with Crippen molar-refractivity contribution in [1.29, 1.82) is 0 Å². The van der Waals surface area contributed by atoms with E-state index in [9.17, 15) is 0 Å². The number of methoxy groups -OCH3 is 2. The van der Waals surface area contributed by atoms with Gasteiger partial charge < -0.3 is 19.2 Å². The summed E-state index contributed by atoms with van der Waals surface area (Å²) >= 11 is 0. The molecule has 0 saturated heterocycles. The van der Waals surface area contributed by atoms with Crippen molar-refractivity contribution in [3.8, 4) is 23.0 Å². The van der Waals surface area contributed by atoms with Gasteiger partial charge in [-0.2, -0.15) is 0 Å². The number of hydrogen-bond donors (Lipinski definition) is 1. The number of nitrogens with zero attached hydrogens (tertiary/aromatic N) is 1.